The Bertz CT molecular complexity index is 580. The molecule has 1 N–H and O–H groups in total. The predicted molar refractivity (Wildman–Crippen MR) is 65.6 cm³/mol. The van der Waals surface area contributed by atoms with Gasteiger partial charge in [-0.25, -0.2) is 9.50 Å². The van der Waals surface area contributed by atoms with Crippen LogP contribution in [0.15, 0.2) is 24.5 Å². The van der Waals surface area contributed by atoms with Crippen LogP contribution in [0.2, 0.25) is 0 Å². The van der Waals surface area contributed by atoms with Gasteiger partial charge in [0.2, 0.25) is 0 Å². The predicted octanol–water partition coefficient (Wildman–Crippen LogP) is 1.17. The number of rotatable bonds is 3. The summed E-state index contributed by atoms with van der Waals surface area (Å²) in [6.07, 6.45) is 5.66. The summed E-state index contributed by atoms with van der Waals surface area (Å²) in [6.45, 7) is 0.870. The average molecular weight is 246 g/mol. The average Bonchev–Trinajstić information content (AvgIpc) is 2.95. The fourth-order valence-corrected chi connectivity index (χ4v) is 2.51. The summed E-state index contributed by atoms with van der Waals surface area (Å²) in [4.78, 5) is 17.4. The first-order valence-electron chi connectivity index (χ1n) is 6.03. The summed E-state index contributed by atoms with van der Waals surface area (Å²) in [5.74, 6) is 0.0871. The molecule has 94 valence electrons. The van der Waals surface area contributed by atoms with Gasteiger partial charge in [0.25, 0.3) is 0 Å². The molecule has 0 spiro atoms. The minimum atomic E-state index is -0.752. The Balaban J connectivity index is 1.90. The van der Waals surface area contributed by atoms with Crippen LogP contribution in [0.5, 0.6) is 0 Å². The first-order valence-corrected chi connectivity index (χ1v) is 6.03. The number of aromatic nitrogens is 3. The molecule has 0 saturated carbocycles. The van der Waals surface area contributed by atoms with Gasteiger partial charge in [-0.15, -0.1) is 0 Å². The van der Waals surface area contributed by atoms with Gasteiger partial charge < -0.3 is 10.0 Å². The number of carbonyl (C=O) groups is 1. The van der Waals surface area contributed by atoms with E-state index in [9.17, 15) is 4.79 Å². The first kappa shape index (κ1) is 11.0. The number of hydrogen-bond donors (Lipinski definition) is 1. The third-order valence-corrected chi connectivity index (χ3v) is 3.32. The van der Waals surface area contributed by atoms with E-state index in [1.165, 1.54) is 0 Å². The Kier molecular flexibility index (Phi) is 2.62. The summed E-state index contributed by atoms with van der Waals surface area (Å²) in [5.41, 5.74) is 0.786. The molecule has 0 amide bonds. The van der Waals surface area contributed by atoms with E-state index in [4.69, 9.17) is 5.11 Å². The molecular formula is C12H14N4O2. The molecule has 6 heteroatoms. The van der Waals surface area contributed by atoms with Crippen molar-refractivity contribution in [1.29, 1.82) is 0 Å². The highest BCUT2D eigenvalue weighted by Crippen LogP contribution is 2.25. The molecule has 1 saturated heterocycles. The highest BCUT2D eigenvalue weighted by molar-refractivity contribution is 5.68. The van der Waals surface area contributed by atoms with E-state index >= 15 is 0 Å². The van der Waals surface area contributed by atoms with Crippen LogP contribution in [0.1, 0.15) is 19.3 Å². The smallest absolute Gasteiger partial charge is 0.305 e. The number of carboxylic acid groups (broad SMARTS) is 1. The molecule has 0 bridgehead atoms. The number of hydrogen-bond acceptors (Lipinski definition) is 4. The van der Waals surface area contributed by atoms with Crippen molar-refractivity contribution < 1.29 is 9.90 Å². The van der Waals surface area contributed by atoms with Gasteiger partial charge in [0, 0.05) is 24.8 Å². The van der Waals surface area contributed by atoms with Crippen LogP contribution in [0.25, 0.3) is 5.65 Å². The maximum Gasteiger partial charge on any atom is 0.305 e. The molecule has 1 fully saturated rings. The van der Waals surface area contributed by atoms with E-state index in [0.29, 0.717) is 0 Å². The molecule has 2 aromatic heterocycles. The molecule has 6 nitrogen and oxygen atoms in total. The van der Waals surface area contributed by atoms with Crippen molar-refractivity contribution in [2.24, 2.45) is 0 Å². The highest BCUT2D eigenvalue weighted by Gasteiger charge is 2.27. The third kappa shape index (κ3) is 1.90. The zero-order valence-corrected chi connectivity index (χ0v) is 9.86. The molecule has 0 aliphatic carbocycles. The highest BCUT2D eigenvalue weighted by atomic mass is 16.4. The van der Waals surface area contributed by atoms with Crippen molar-refractivity contribution >= 4 is 17.4 Å². The molecule has 2 aromatic rings. The first-order chi connectivity index (χ1) is 8.74. The molecule has 18 heavy (non-hydrogen) atoms. The molecule has 0 radical (unpaired) electrons. The monoisotopic (exact) mass is 246 g/mol. The van der Waals surface area contributed by atoms with Crippen molar-refractivity contribution in [2.75, 3.05) is 11.4 Å². The molecule has 3 heterocycles. The SMILES string of the molecule is O=C(O)CC1CCCN1c1ccn2nccc2n1. The normalized spacial score (nSPS) is 19.6. The largest absolute Gasteiger partial charge is 0.481 e. The molecule has 0 aromatic carbocycles. The Morgan fingerprint density at radius 1 is 1.50 bits per heavy atom. The van der Waals surface area contributed by atoms with Crippen molar-refractivity contribution in [3.63, 3.8) is 0 Å². The van der Waals surface area contributed by atoms with Crippen LogP contribution >= 0.6 is 0 Å². The second kappa shape index (κ2) is 4.29. The van der Waals surface area contributed by atoms with Crippen LogP contribution in [-0.4, -0.2) is 38.3 Å². The van der Waals surface area contributed by atoms with Gasteiger partial charge in [0.05, 0.1) is 12.6 Å². The number of anilines is 1. The van der Waals surface area contributed by atoms with Crippen LogP contribution < -0.4 is 4.90 Å². The molecule has 1 aliphatic heterocycles. The minimum Gasteiger partial charge on any atom is -0.481 e. The minimum absolute atomic E-state index is 0.0559. The molecule has 1 atom stereocenters. The van der Waals surface area contributed by atoms with E-state index in [2.05, 4.69) is 15.0 Å². The van der Waals surface area contributed by atoms with Gasteiger partial charge in [-0.1, -0.05) is 0 Å². The second-order valence-electron chi connectivity index (χ2n) is 4.51. The quantitative estimate of drug-likeness (QED) is 0.880. The zero-order chi connectivity index (χ0) is 12.5. The molecule has 1 aliphatic rings. The number of carboxylic acids is 1. The van der Waals surface area contributed by atoms with Crippen LogP contribution in [0.4, 0.5) is 5.82 Å². The molecular weight excluding hydrogens is 232 g/mol. The molecule has 3 rings (SSSR count). The lowest BCUT2D eigenvalue weighted by molar-refractivity contribution is -0.137. The van der Waals surface area contributed by atoms with Gasteiger partial charge in [0.1, 0.15) is 5.82 Å². The standard InChI is InChI=1S/C12H14N4O2/c17-12(18)8-9-2-1-6-15(9)10-4-7-16-11(14-10)3-5-13-16/h3-5,7,9H,1-2,6,8H2,(H,17,18). The van der Waals surface area contributed by atoms with Gasteiger partial charge >= 0.3 is 5.97 Å². The van der Waals surface area contributed by atoms with Crippen LogP contribution in [-0.2, 0) is 4.79 Å². The van der Waals surface area contributed by atoms with E-state index in [0.717, 1.165) is 30.9 Å². The lowest BCUT2D eigenvalue weighted by Gasteiger charge is -2.24. The Hall–Kier alpha value is -2.11. The van der Waals surface area contributed by atoms with Crippen molar-refractivity contribution in [2.45, 2.75) is 25.3 Å². The van der Waals surface area contributed by atoms with Crippen molar-refractivity contribution in [1.82, 2.24) is 14.6 Å². The summed E-state index contributed by atoms with van der Waals surface area (Å²) in [6, 6.07) is 3.78. The lowest BCUT2D eigenvalue weighted by atomic mass is 10.1. The Labute approximate surface area is 104 Å². The third-order valence-electron chi connectivity index (χ3n) is 3.32. The van der Waals surface area contributed by atoms with Gasteiger partial charge in [0.15, 0.2) is 5.65 Å². The van der Waals surface area contributed by atoms with Crippen molar-refractivity contribution in [3.05, 3.63) is 24.5 Å². The number of aliphatic carboxylic acids is 1. The van der Waals surface area contributed by atoms with Crippen LogP contribution in [0.3, 0.4) is 0 Å². The second-order valence-corrected chi connectivity index (χ2v) is 4.51. The van der Waals surface area contributed by atoms with Gasteiger partial charge in [-0.05, 0) is 18.9 Å². The summed E-state index contributed by atoms with van der Waals surface area (Å²) >= 11 is 0. The Morgan fingerprint density at radius 2 is 2.39 bits per heavy atom. The van der Waals surface area contributed by atoms with Gasteiger partial charge in [-0.2, -0.15) is 5.10 Å². The van der Waals surface area contributed by atoms with Crippen molar-refractivity contribution in [3.8, 4) is 0 Å². The van der Waals surface area contributed by atoms with Gasteiger partial charge in [-0.3, -0.25) is 4.79 Å². The van der Waals surface area contributed by atoms with E-state index in [1.807, 2.05) is 18.3 Å². The topological polar surface area (TPSA) is 70.7 Å². The molecule has 1 unspecified atom stereocenters. The fourth-order valence-electron chi connectivity index (χ4n) is 2.51. The number of fused-ring (bicyclic) bond motifs is 1. The zero-order valence-electron chi connectivity index (χ0n) is 9.86. The van der Waals surface area contributed by atoms with Crippen LogP contribution in [0, 0.1) is 0 Å². The maximum atomic E-state index is 10.8. The summed E-state index contributed by atoms with van der Waals surface area (Å²) in [7, 11) is 0. The summed E-state index contributed by atoms with van der Waals surface area (Å²) in [5, 5.41) is 13.0. The van der Waals surface area contributed by atoms with E-state index in [1.54, 1.807) is 10.7 Å². The fraction of sp³-hybridized carbons (Fsp3) is 0.417. The lowest BCUT2D eigenvalue weighted by Crippen LogP contribution is -2.31. The van der Waals surface area contributed by atoms with E-state index in [-0.39, 0.29) is 12.5 Å². The Morgan fingerprint density at radius 3 is 3.22 bits per heavy atom. The number of nitrogens with zero attached hydrogens (tertiary/aromatic N) is 4. The summed E-state index contributed by atoms with van der Waals surface area (Å²) < 4.78 is 1.70. The van der Waals surface area contributed by atoms with E-state index < -0.39 is 5.97 Å². The maximum absolute atomic E-state index is 10.8.